The Balaban J connectivity index is 2.25. The van der Waals surface area contributed by atoms with Crippen LogP contribution in [0.3, 0.4) is 0 Å². The lowest BCUT2D eigenvalue weighted by atomic mass is 9.78. The fourth-order valence-electron chi connectivity index (χ4n) is 3.55. The molecular weight excluding hydrogens is 413 g/mol. The summed E-state index contributed by atoms with van der Waals surface area (Å²) >= 11 is 6.37. The van der Waals surface area contributed by atoms with E-state index in [2.05, 4.69) is 0 Å². The van der Waals surface area contributed by atoms with Gasteiger partial charge in [0.1, 0.15) is 11.3 Å². The highest BCUT2D eigenvalue weighted by Gasteiger charge is 2.36. The van der Waals surface area contributed by atoms with Gasteiger partial charge in [-0.3, -0.25) is 4.79 Å². The number of fused-ring (bicyclic) bond motifs is 3. The van der Waals surface area contributed by atoms with E-state index >= 15 is 4.39 Å². The molecule has 0 fully saturated rings. The van der Waals surface area contributed by atoms with Crippen molar-refractivity contribution in [1.82, 2.24) is 4.57 Å². The summed E-state index contributed by atoms with van der Waals surface area (Å²) in [6.07, 6.45) is 1.86. The number of carboxylic acids is 1. The first-order valence-electron chi connectivity index (χ1n) is 10.1. The number of rotatable bonds is 6. The molecule has 0 saturated heterocycles. The topological polar surface area (TPSA) is 77.8 Å². The van der Waals surface area contributed by atoms with Crippen LogP contribution in [0.5, 0.6) is 5.75 Å². The molecule has 2 heterocycles. The third-order valence-corrected chi connectivity index (χ3v) is 5.35. The lowest BCUT2D eigenvalue weighted by molar-refractivity contribution is 0.0692. The fourth-order valence-corrected chi connectivity index (χ4v) is 3.77. The number of aromatic carboxylic acids is 1. The highest BCUT2D eigenvalue weighted by atomic mass is 35.5. The number of methoxy groups -OCH3 is 1. The summed E-state index contributed by atoms with van der Waals surface area (Å²) in [7, 11) is 1.59. The quantitative estimate of drug-likeness (QED) is 0.669. The van der Waals surface area contributed by atoms with Crippen LogP contribution in [0.4, 0.5) is 4.39 Å². The number of aromatic nitrogens is 1. The Morgan fingerprint density at radius 3 is 2.70 bits per heavy atom. The number of hydrogen-bond acceptors (Lipinski definition) is 4. The summed E-state index contributed by atoms with van der Waals surface area (Å²) in [4.78, 5) is 23.9. The van der Waals surface area contributed by atoms with Crippen molar-refractivity contribution in [2.45, 2.75) is 39.6 Å². The molecule has 1 aliphatic rings. The molecule has 30 heavy (non-hydrogen) atoms. The molecule has 1 aromatic heterocycles. The Bertz CT molecular complexity index is 1090. The Kier molecular flexibility index (Phi) is 5.84. The first-order chi connectivity index (χ1) is 14.4. The largest absolute Gasteiger partial charge is 0.492 e. The second-order valence-corrected chi connectivity index (χ2v) is 8.62. The second-order valence-electron chi connectivity index (χ2n) is 8.22. The van der Waals surface area contributed by atoms with Crippen LogP contribution >= 0.6 is 11.6 Å². The number of carbonyl (C=O) groups is 1. The van der Waals surface area contributed by atoms with E-state index in [0.29, 0.717) is 36.5 Å². The average Bonchev–Trinajstić information content (AvgIpc) is 2.67. The zero-order valence-electron chi connectivity index (χ0n) is 18.3. The molecule has 8 heteroatoms. The van der Waals surface area contributed by atoms with Crippen LogP contribution in [0.15, 0.2) is 23.1 Å². The minimum atomic E-state index is -1.54. The van der Waals surface area contributed by atoms with E-state index in [0.717, 1.165) is 6.20 Å². The summed E-state index contributed by atoms with van der Waals surface area (Å²) in [6, 6.07) is 1.70. The van der Waals surface area contributed by atoms with Crippen molar-refractivity contribution in [1.29, 1.82) is 0 Å². The van der Waals surface area contributed by atoms with Crippen molar-refractivity contribution >= 4 is 17.6 Å². The fraction of sp³-hybridized carbons (Fsp3) is 0.455. The smallest absolute Gasteiger partial charge is 0.341 e. The van der Waals surface area contributed by atoms with E-state index in [1.165, 1.54) is 10.6 Å². The summed E-state index contributed by atoms with van der Waals surface area (Å²) in [5.41, 5.74) is -1.87. The van der Waals surface area contributed by atoms with Gasteiger partial charge < -0.3 is 19.1 Å². The summed E-state index contributed by atoms with van der Waals surface area (Å²) in [6.45, 7) is 6.32. The maximum atomic E-state index is 15.3. The van der Waals surface area contributed by atoms with Gasteiger partial charge >= 0.3 is 5.97 Å². The number of halogens is 2. The van der Waals surface area contributed by atoms with Gasteiger partial charge in [-0.1, -0.05) is 32.4 Å². The third-order valence-electron chi connectivity index (χ3n) is 5.06. The van der Waals surface area contributed by atoms with Gasteiger partial charge in [0.05, 0.1) is 18.7 Å². The summed E-state index contributed by atoms with van der Waals surface area (Å²) < 4.78 is 36.5. The van der Waals surface area contributed by atoms with Gasteiger partial charge in [-0.2, -0.15) is 0 Å². The van der Waals surface area contributed by atoms with Crippen molar-refractivity contribution in [3.05, 3.63) is 50.5 Å². The molecule has 0 bridgehead atoms. The van der Waals surface area contributed by atoms with Crippen molar-refractivity contribution in [2.75, 3.05) is 20.3 Å². The zero-order chi connectivity index (χ0) is 23.1. The summed E-state index contributed by atoms with van der Waals surface area (Å²) in [5.74, 6) is -2.36. The minimum Gasteiger partial charge on any atom is -0.492 e. The number of pyridine rings is 1. The first kappa shape index (κ1) is 20.9. The van der Waals surface area contributed by atoms with Crippen molar-refractivity contribution in [3.63, 3.8) is 0 Å². The Labute approximate surface area is 180 Å². The molecule has 0 unspecified atom stereocenters. The molecule has 0 spiro atoms. The van der Waals surface area contributed by atoms with Gasteiger partial charge in [-0.25, -0.2) is 9.18 Å². The number of benzene rings is 1. The number of ether oxygens (including phenoxy) is 2. The Morgan fingerprint density at radius 1 is 1.40 bits per heavy atom. The lowest BCUT2D eigenvalue weighted by Gasteiger charge is -2.39. The molecule has 1 aromatic carbocycles. The molecule has 0 amide bonds. The van der Waals surface area contributed by atoms with E-state index in [9.17, 15) is 16.1 Å². The first-order valence-corrected chi connectivity index (χ1v) is 9.93. The van der Waals surface area contributed by atoms with Gasteiger partial charge in [0.15, 0.2) is 5.82 Å². The molecule has 2 aromatic rings. The van der Waals surface area contributed by atoms with E-state index < -0.39 is 34.2 Å². The Hall–Kier alpha value is -2.38. The van der Waals surface area contributed by atoms with Crippen LogP contribution < -0.4 is 10.2 Å². The van der Waals surface area contributed by atoms with Gasteiger partial charge in [0, 0.05) is 37.9 Å². The van der Waals surface area contributed by atoms with Crippen molar-refractivity contribution in [3.8, 4) is 17.0 Å². The van der Waals surface area contributed by atoms with Crippen LogP contribution in [0, 0.1) is 11.2 Å². The van der Waals surface area contributed by atoms with E-state index in [-0.39, 0.29) is 17.1 Å². The summed E-state index contributed by atoms with van der Waals surface area (Å²) in [5, 5.41) is 9.60. The molecule has 0 radical (unpaired) electrons. The third kappa shape index (κ3) is 4.09. The molecular formula is C22H25ClFNO5. The maximum absolute atomic E-state index is 15.3. The van der Waals surface area contributed by atoms with Crippen LogP contribution in [-0.2, 0) is 11.2 Å². The molecule has 1 aliphatic heterocycles. The van der Waals surface area contributed by atoms with Gasteiger partial charge in [0.25, 0.3) is 0 Å². The van der Waals surface area contributed by atoms with E-state index in [4.69, 9.17) is 21.1 Å². The lowest BCUT2D eigenvalue weighted by Crippen LogP contribution is -2.34. The number of hydrogen-bond donors (Lipinski definition) is 1. The highest BCUT2D eigenvalue weighted by molar-refractivity contribution is 6.32. The SMILES string of the molecule is [2H][C@@]1(C(C)(C)C)Cc2cc(OCCCOC)c(Cl)cc2-c2c(F)c(=O)c(C(=O)O)cn21. The van der Waals surface area contributed by atoms with Crippen molar-refractivity contribution < 1.29 is 25.1 Å². The van der Waals surface area contributed by atoms with Crippen LogP contribution in [0.25, 0.3) is 11.3 Å². The molecule has 3 rings (SSSR count). The average molecular weight is 439 g/mol. The Morgan fingerprint density at radius 2 is 2.10 bits per heavy atom. The molecule has 0 saturated carbocycles. The van der Waals surface area contributed by atoms with Gasteiger partial charge in [-0.15, -0.1) is 0 Å². The van der Waals surface area contributed by atoms with Gasteiger partial charge in [-0.05, 0) is 29.5 Å². The molecule has 1 N–H and O–H groups in total. The normalized spacial score (nSPS) is 18.4. The minimum absolute atomic E-state index is 0.144. The monoisotopic (exact) mass is 438 g/mol. The predicted octanol–water partition coefficient (Wildman–Crippen LogP) is 4.56. The zero-order valence-corrected chi connectivity index (χ0v) is 18.1. The molecule has 6 nitrogen and oxygen atoms in total. The molecule has 1 atom stereocenters. The highest BCUT2D eigenvalue weighted by Crippen LogP contribution is 2.45. The standard InChI is InChI=1S/C22H25ClFNO5/c1-22(2,3)17-9-12-8-16(30-7-5-6-29-4)15(23)10-13(12)19-18(24)20(26)14(21(27)28)11-25(17)19/h8,10-11,17H,5-7,9H2,1-4H3,(H,27,28)/t17-/m0/s1/i17D. The molecule has 162 valence electrons. The number of nitrogens with zero attached hydrogens (tertiary/aromatic N) is 1. The van der Waals surface area contributed by atoms with Crippen molar-refractivity contribution in [2.24, 2.45) is 5.41 Å². The van der Waals surface area contributed by atoms with E-state index in [1.54, 1.807) is 13.2 Å². The van der Waals surface area contributed by atoms with Crippen LogP contribution in [-0.4, -0.2) is 36.0 Å². The maximum Gasteiger partial charge on any atom is 0.341 e. The van der Waals surface area contributed by atoms with E-state index in [1.807, 2.05) is 20.8 Å². The molecule has 0 aliphatic carbocycles. The van der Waals surface area contributed by atoms with Crippen LogP contribution in [0.1, 0.15) is 50.5 Å². The van der Waals surface area contributed by atoms with Crippen LogP contribution in [0.2, 0.25) is 5.02 Å². The number of carboxylic acid groups (broad SMARTS) is 1. The second kappa shape index (κ2) is 8.40. The predicted molar refractivity (Wildman–Crippen MR) is 112 cm³/mol. The van der Waals surface area contributed by atoms with Gasteiger partial charge in [0.2, 0.25) is 5.43 Å².